The second kappa shape index (κ2) is 3.05. The average Bonchev–Trinajstić information content (AvgIpc) is 2.30. The van der Waals surface area contributed by atoms with Crippen LogP contribution in [0.3, 0.4) is 0 Å². The van der Waals surface area contributed by atoms with E-state index in [1.807, 2.05) is 11.8 Å². The first-order valence-electron chi connectivity index (χ1n) is 4.85. The minimum absolute atomic E-state index is 0.0492. The van der Waals surface area contributed by atoms with Crippen LogP contribution in [0.25, 0.3) is 0 Å². The van der Waals surface area contributed by atoms with Gasteiger partial charge >= 0.3 is 0 Å². The third kappa shape index (κ3) is 1.22. The van der Waals surface area contributed by atoms with Crippen molar-refractivity contribution in [2.45, 2.75) is 44.8 Å². The van der Waals surface area contributed by atoms with E-state index in [0.717, 1.165) is 13.0 Å². The standard InChI is InChI=1S/C9H16N2O/c1-7-9(12)11-6-4-2-3-5-8(11)10-7/h7-8,10H,2-6H2,1H3. The Balaban J connectivity index is 2.09. The van der Waals surface area contributed by atoms with Gasteiger partial charge in [-0.1, -0.05) is 6.42 Å². The zero-order valence-electron chi connectivity index (χ0n) is 7.55. The van der Waals surface area contributed by atoms with Crippen LogP contribution in [0.1, 0.15) is 32.6 Å². The molecule has 2 fully saturated rings. The lowest BCUT2D eigenvalue weighted by Gasteiger charge is -2.20. The zero-order valence-corrected chi connectivity index (χ0v) is 7.55. The maximum absolute atomic E-state index is 11.6. The second-order valence-electron chi connectivity index (χ2n) is 3.79. The summed E-state index contributed by atoms with van der Waals surface area (Å²) >= 11 is 0. The fourth-order valence-electron chi connectivity index (χ4n) is 2.15. The monoisotopic (exact) mass is 168 g/mol. The van der Waals surface area contributed by atoms with Crippen molar-refractivity contribution >= 4 is 5.91 Å². The third-order valence-corrected chi connectivity index (χ3v) is 2.85. The molecule has 0 saturated carbocycles. The molecule has 0 aromatic carbocycles. The van der Waals surface area contributed by atoms with Gasteiger partial charge in [-0.15, -0.1) is 0 Å². The molecule has 2 atom stereocenters. The normalized spacial score (nSPS) is 36.4. The number of hydrogen-bond donors (Lipinski definition) is 1. The van der Waals surface area contributed by atoms with Gasteiger partial charge in [0, 0.05) is 6.54 Å². The van der Waals surface area contributed by atoms with Crippen molar-refractivity contribution in [2.75, 3.05) is 6.54 Å². The first-order valence-corrected chi connectivity index (χ1v) is 4.85. The summed E-state index contributed by atoms with van der Waals surface area (Å²) < 4.78 is 0. The van der Waals surface area contributed by atoms with Crippen molar-refractivity contribution in [1.82, 2.24) is 10.2 Å². The topological polar surface area (TPSA) is 32.3 Å². The lowest BCUT2D eigenvalue weighted by molar-refractivity contribution is -0.129. The Kier molecular flexibility index (Phi) is 2.05. The van der Waals surface area contributed by atoms with E-state index < -0.39 is 0 Å². The van der Waals surface area contributed by atoms with Gasteiger partial charge in [0.1, 0.15) is 0 Å². The minimum Gasteiger partial charge on any atom is -0.326 e. The summed E-state index contributed by atoms with van der Waals surface area (Å²) in [7, 11) is 0. The van der Waals surface area contributed by atoms with E-state index in [1.165, 1.54) is 19.3 Å². The van der Waals surface area contributed by atoms with Gasteiger partial charge in [-0.05, 0) is 26.2 Å². The Bertz CT molecular complexity index is 193. The fraction of sp³-hybridized carbons (Fsp3) is 0.889. The first-order chi connectivity index (χ1) is 5.79. The molecule has 2 rings (SSSR count). The van der Waals surface area contributed by atoms with E-state index in [4.69, 9.17) is 0 Å². The molecule has 12 heavy (non-hydrogen) atoms. The number of fused-ring (bicyclic) bond motifs is 1. The maximum Gasteiger partial charge on any atom is 0.240 e. The maximum atomic E-state index is 11.6. The van der Waals surface area contributed by atoms with Crippen molar-refractivity contribution < 1.29 is 4.79 Å². The van der Waals surface area contributed by atoms with Gasteiger partial charge in [0.15, 0.2) is 0 Å². The molecule has 2 aliphatic rings. The Morgan fingerprint density at radius 1 is 1.42 bits per heavy atom. The van der Waals surface area contributed by atoms with E-state index in [0.29, 0.717) is 12.1 Å². The van der Waals surface area contributed by atoms with Crippen LogP contribution < -0.4 is 5.32 Å². The second-order valence-corrected chi connectivity index (χ2v) is 3.79. The molecule has 2 heterocycles. The number of hydrogen-bond acceptors (Lipinski definition) is 2. The highest BCUT2D eigenvalue weighted by molar-refractivity contribution is 5.83. The highest BCUT2D eigenvalue weighted by Crippen LogP contribution is 2.20. The quantitative estimate of drug-likeness (QED) is 0.577. The van der Waals surface area contributed by atoms with Crippen molar-refractivity contribution in [3.8, 4) is 0 Å². The zero-order chi connectivity index (χ0) is 8.55. The van der Waals surface area contributed by atoms with Crippen molar-refractivity contribution in [1.29, 1.82) is 0 Å². The van der Waals surface area contributed by atoms with Crippen LogP contribution in [0.2, 0.25) is 0 Å². The van der Waals surface area contributed by atoms with Gasteiger partial charge in [-0.2, -0.15) is 0 Å². The smallest absolute Gasteiger partial charge is 0.240 e. The van der Waals surface area contributed by atoms with E-state index in [1.54, 1.807) is 0 Å². The Morgan fingerprint density at radius 2 is 2.25 bits per heavy atom. The Labute approximate surface area is 73.1 Å². The number of nitrogens with one attached hydrogen (secondary N) is 1. The predicted octanol–water partition coefficient (Wildman–Crippen LogP) is 0.707. The SMILES string of the molecule is CC1NC2CCCCCN2C1=O. The van der Waals surface area contributed by atoms with Crippen LogP contribution in [-0.4, -0.2) is 29.6 Å². The molecule has 2 saturated heterocycles. The number of rotatable bonds is 0. The van der Waals surface area contributed by atoms with Crippen LogP contribution in [0, 0.1) is 0 Å². The van der Waals surface area contributed by atoms with Crippen LogP contribution in [0.15, 0.2) is 0 Å². The number of carbonyl (C=O) groups is 1. The molecule has 0 aromatic rings. The Morgan fingerprint density at radius 3 is 3.08 bits per heavy atom. The van der Waals surface area contributed by atoms with Crippen LogP contribution in [0.5, 0.6) is 0 Å². The first kappa shape index (κ1) is 8.05. The molecule has 1 amide bonds. The molecule has 3 heteroatoms. The Hall–Kier alpha value is -0.570. The molecule has 0 bridgehead atoms. The lowest BCUT2D eigenvalue weighted by Crippen LogP contribution is -2.36. The number of carbonyl (C=O) groups excluding carboxylic acids is 1. The molecule has 2 aliphatic heterocycles. The van der Waals surface area contributed by atoms with Crippen LogP contribution >= 0.6 is 0 Å². The van der Waals surface area contributed by atoms with Crippen molar-refractivity contribution in [3.63, 3.8) is 0 Å². The van der Waals surface area contributed by atoms with E-state index >= 15 is 0 Å². The molecule has 0 spiro atoms. The summed E-state index contributed by atoms with van der Waals surface area (Å²) in [5.74, 6) is 0.293. The molecular formula is C9H16N2O. The largest absolute Gasteiger partial charge is 0.326 e. The summed E-state index contributed by atoms with van der Waals surface area (Å²) in [5.41, 5.74) is 0. The van der Waals surface area contributed by atoms with Gasteiger partial charge in [0.05, 0.1) is 12.2 Å². The molecule has 0 aromatic heterocycles. The predicted molar refractivity (Wildman–Crippen MR) is 46.6 cm³/mol. The summed E-state index contributed by atoms with van der Waals surface area (Å²) in [6.45, 7) is 2.91. The molecule has 68 valence electrons. The van der Waals surface area contributed by atoms with E-state index in [9.17, 15) is 4.79 Å². The minimum atomic E-state index is 0.0492. The van der Waals surface area contributed by atoms with Gasteiger partial charge < -0.3 is 4.90 Å². The van der Waals surface area contributed by atoms with E-state index in [-0.39, 0.29) is 6.04 Å². The molecule has 2 unspecified atom stereocenters. The molecule has 0 radical (unpaired) electrons. The summed E-state index contributed by atoms with van der Waals surface area (Å²) in [6, 6.07) is 0.0492. The molecule has 1 N–H and O–H groups in total. The molecule has 0 aliphatic carbocycles. The summed E-state index contributed by atoms with van der Waals surface area (Å²) in [4.78, 5) is 13.6. The van der Waals surface area contributed by atoms with Gasteiger partial charge in [-0.3, -0.25) is 10.1 Å². The highest BCUT2D eigenvalue weighted by Gasteiger charge is 2.35. The van der Waals surface area contributed by atoms with Gasteiger partial charge in [0.25, 0.3) is 0 Å². The molecule has 3 nitrogen and oxygen atoms in total. The van der Waals surface area contributed by atoms with E-state index in [2.05, 4.69) is 5.32 Å². The van der Waals surface area contributed by atoms with Crippen LogP contribution in [0.4, 0.5) is 0 Å². The molecular weight excluding hydrogens is 152 g/mol. The lowest BCUT2D eigenvalue weighted by atomic mass is 10.2. The van der Waals surface area contributed by atoms with Gasteiger partial charge in [0.2, 0.25) is 5.91 Å². The summed E-state index contributed by atoms with van der Waals surface area (Å²) in [6.07, 6.45) is 5.19. The highest BCUT2D eigenvalue weighted by atomic mass is 16.2. The number of amides is 1. The van der Waals surface area contributed by atoms with Crippen molar-refractivity contribution in [2.24, 2.45) is 0 Å². The van der Waals surface area contributed by atoms with Crippen LogP contribution in [-0.2, 0) is 4.79 Å². The fourth-order valence-corrected chi connectivity index (χ4v) is 2.15. The van der Waals surface area contributed by atoms with Crippen molar-refractivity contribution in [3.05, 3.63) is 0 Å². The average molecular weight is 168 g/mol. The third-order valence-electron chi connectivity index (χ3n) is 2.85. The van der Waals surface area contributed by atoms with Gasteiger partial charge in [-0.25, -0.2) is 0 Å². The summed E-state index contributed by atoms with van der Waals surface area (Å²) in [5, 5.41) is 3.32. The number of nitrogens with zero attached hydrogens (tertiary/aromatic N) is 1.